The maximum atomic E-state index is 12.1. The highest BCUT2D eigenvalue weighted by molar-refractivity contribution is 5.83. The van der Waals surface area contributed by atoms with Crippen LogP contribution in [0.1, 0.15) is 46.5 Å². The highest BCUT2D eigenvalue weighted by atomic mass is 16.2. The first kappa shape index (κ1) is 12.5. The number of nitrogens with one attached hydrogen (secondary N) is 2. The van der Waals surface area contributed by atoms with Crippen LogP contribution in [0.4, 0.5) is 0 Å². The van der Waals surface area contributed by atoms with E-state index >= 15 is 0 Å². The minimum Gasteiger partial charge on any atom is -0.353 e. The molecule has 0 saturated carbocycles. The van der Waals surface area contributed by atoms with Crippen molar-refractivity contribution in [3.63, 3.8) is 0 Å². The van der Waals surface area contributed by atoms with Gasteiger partial charge in [0.25, 0.3) is 0 Å². The van der Waals surface area contributed by atoms with Crippen LogP contribution in [0.25, 0.3) is 0 Å². The van der Waals surface area contributed by atoms with Gasteiger partial charge in [-0.15, -0.1) is 0 Å². The lowest BCUT2D eigenvalue weighted by molar-refractivity contribution is -0.131. The molecule has 1 heterocycles. The maximum absolute atomic E-state index is 12.1. The molecule has 0 spiro atoms. The molecule has 0 bridgehead atoms. The molecule has 2 atom stereocenters. The van der Waals surface area contributed by atoms with Crippen molar-refractivity contribution in [2.24, 2.45) is 5.41 Å². The van der Waals surface area contributed by atoms with Gasteiger partial charge in [0.05, 0.1) is 5.41 Å². The van der Waals surface area contributed by atoms with Crippen LogP contribution in [0.3, 0.4) is 0 Å². The molecule has 1 saturated heterocycles. The molecule has 0 aromatic heterocycles. The summed E-state index contributed by atoms with van der Waals surface area (Å²) in [5.74, 6) is 0.246. The highest BCUT2D eigenvalue weighted by Gasteiger charge is 2.39. The molecule has 15 heavy (non-hydrogen) atoms. The summed E-state index contributed by atoms with van der Waals surface area (Å²) in [4.78, 5) is 12.1. The number of rotatable bonds is 5. The zero-order valence-electron chi connectivity index (χ0n) is 10.2. The largest absolute Gasteiger partial charge is 0.353 e. The van der Waals surface area contributed by atoms with Gasteiger partial charge >= 0.3 is 0 Å². The van der Waals surface area contributed by atoms with E-state index < -0.39 is 0 Å². The van der Waals surface area contributed by atoms with E-state index in [1.807, 2.05) is 0 Å². The highest BCUT2D eigenvalue weighted by Crippen LogP contribution is 2.29. The second kappa shape index (κ2) is 5.50. The topological polar surface area (TPSA) is 41.1 Å². The number of hydrogen-bond acceptors (Lipinski definition) is 2. The van der Waals surface area contributed by atoms with Crippen molar-refractivity contribution in [3.05, 3.63) is 0 Å². The van der Waals surface area contributed by atoms with Crippen molar-refractivity contribution in [2.75, 3.05) is 13.1 Å². The monoisotopic (exact) mass is 212 g/mol. The zero-order valence-corrected chi connectivity index (χ0v) is 10.2. The Kier molecular flexibility index (Phi) is 4.58. The second-order valence-electron chi connectivity index (χ2n) is 4.72. The molecule has 1 fully saturated rings. The number of carbonyl (C=O) groups is 1. The number of hydrogen-bond donors (Lipinski definition) is 2. The number of carbonyl (C=O) groups excluding carboxylic acids is 1. The molecule has 2 N–H and O–H groups in total. The second-order valence-corrected chi connectivity index (χ2v) is 4.72. The Morgan fingerprint density at radius 3 is 2.73 bits per heavy atom. The third-order valence-electron chi connectivity index (χ3n) is 3.50. The molecule has 88 valence electrons. The Labute approximate surface area is 93.0 Å². The van der Waals surface area contributed by atoms with Crippen LogP contribution in [0.2, 0.25) is 0 Å². The summed E-state index contributed by atoms with van der Waals surface area (Å²) in [5.41, 5.74) is -0.137. The van der Waals surface area contributed by atoms with Crippen molar-refractivity contribution in [2.45, 2.75) is 52.5 Å². The molecule has 0 aliphatic carbocycles. The van der Waals surface area contributed by atoms with E-state index in [-0.39, 0.29) is 11.3 Å². The van der Waals surface area contributed by atoms with Crippen LogP contribution in [0.5, 0.6) is 0 Å². The summed E-state index contributed by atoms with van der Waals surface area (Å²) in [6.45, 7) is 8.16. The van der Waals surface area contributed by atoms with Crippen LogP contribution in [-0.4, -0.2) is 25.0 Å². The summed E-state index contributed by atoms with van der Waals surface area (Å²) in [6, 6.07) is 0.312. The Bertz CT molecular complexity index is 210. The molecule has 3 heteroatoms. The predicted octanol–water partition coefficient (Wildman–Crippen LogP) is 1.68. The summed E-state index contributed by atoms with van der Waals surface area (Å²) < 4.78 is 0. The SMILES string of the molecule is CCCC(C)NC(=O)C1(CC)CCNC1. The van der Waals surface area contributed by atoms with Crippen molar-refractivity contribution < 1.29 is 4.79 Å². The maximum Gasteiger partial charge on any atom is 0.227 e. The van der Waals surface area contributed by atoms with Gasteiger partial charge in [-0.2, -0.15) is 0 Å². The molecule has 0 aromatic rings. The average Bonchev–Trinajstić information content (AvgIpc) is 2.67. The molecule has 1 aliphatic heterocycles. The van der Waals surface area contributed by atoms with E-state index in [1.165, 1.54) is 0 Å². The first-order valence-electron chi connectivity index (χ1n) is 6.16. The van der Waals surface area contributed by atoms with E-state index in [2.05, 4.69) is 31.4 Å². The average molecular weight is 212 g/mol. The molecule has 3 nitrogen and oxygen atoms in total. The fraction of sp³-hybridized carbons (Fsp3) is 0.917. The zero-order chi connectivity index (χ0) is 11.3. The van der Waals surface area contributed by atoms with E-state index in [9.17, 15) is 4.79 Å². The minimum absolute atomic E-state index is 0.137. The van der Waals surface area contributed by atoms with E-state index in [4.69, 9.17) is 0 Å². The molecule has 1 aliphatic rings. The van der Waals surface area contributed by atoms with Gasteiger partial charge in [-0.05, 0) is 32.7 Å². The van der Waals surface area contributed by atoms with Crippen LogP contribution in [-0.2, 0) is 4.79 Å². The van der Waals surface area contributed by atoms with Gasteiger partial charge in [-0.1, -0.05) is 20.3 Å². The van der Waals surface area contributed by atoms with Gasteiger partial charge in [0.2, 0.25) is 5.91 Å². The molecule has 1 amide bonds. The first-order chi connectivity index (χ1) is 7.14. The van der Waals surface area contributed by atoms with Crippen LogP contribution in [0.15, 0.2) is 0 Å². The van der Waals surface area contributed by atoms with E-state index in [1.54, 1.807) is 0 Å². The molecule has 1 rings (SSSR count). The first-order valence-corrected chi connectivity index (χ1v) is 6.16. The Morgan fingerprint density at radius 1 is 1.53 bits per heavy atom. The fourth-order valence-electron chi connectivity index (χ4n) is 2.28. The Hall–Kier alpha value is -0.570. The van der Waals surface area contributed by atoms with Crippen molar-refractivity contribution in [1.29, 1.82) is 0 Å². The lowest BCUT2D eigenvalue weighted by Gasteiger charge is -2.27. The van der Waals surface area contributed by atoms with Crippen LogP contribution < -0.4 is 10.6 Å². The van der Waals surface area contributed by atoms with Crippen molar-refractivity contribution in [1.82, 2.24) is 10.6 Å². The Morgan fingerprint density at radius 2 is 2.27 bits per heavy atom. The molecular formula is C12H24N2O. The molecule has 0 aromatic carbocycles. The van der Waals surface area contributed by atoms with Gasteiger partial charge in [0, 0.05) is 12.6 Å². The Balaban J connectivity index is 2.50. The predicted molar refractivity (Wildman–Crippen MR) is 62.7 cm³/mol. The van der Waals surface area contributed by atoms with E-state index in [0.717, 1.165) is 38.8 Å². The minimum atomic E-state index is -0.137. The van der Waals surface area contributed by atoms with Gasteiger partial charge in [-0.25, -0.2) is 0 Å². The smallest absolute Gasteiger partial charge is 0.227 e. The van der Waals surface area contributed by atoms with Crippen LogP contribution in [0, 0.1) is 5.41 Å². The van der Waals surface area contributed by atoms with Gasteiger partial charge in [-0.3, -0.25) is 4.79 Å². The fourth-order valence-corrected chi connectivity index (χ4v) is 2.28. The van der Waals surface area contributed by atoms with Crippen molar-refractivity contribution in [3.8, 4) is 0 Å². The van der Waals surface area contributed by atoms with Gasteiger partial charge in [0.1, 0.15) is 0 Å². The summed E-state index contributed by atoms with van der Waals surface area (Å²) in [6.07, 6.45) is 4.11. The summed E-state index contributed by atoms with van der Waals surface area (Å²) >= 11 is 0. The number of amides is 1. The molecule has 0 radical (unpaired) electrons. The quantitative estimate of drug-likeness (QED) is 0.728. The van der Waals surface area contributed by atoms with Gasteiger partial charge < -0.3 is 10.6 Å². The lowest BCUT2D eigenvalue weighted by Crippen LogP contribution is -2.45. The third-order valence-corrected chi connectivity index (χ3v) is 3.50. The van der Waals surface area contributed by atoms with Crippen molar-refractivity contribution >= 4 is 5.91 Å². The van der Waals surface area contributed by atoms with Crippen LogP contribution >= 0.6 is 0 Å². The van der Waals surface area contributed by atoms with E-state index in [0.29, 0.717) is 6.04 Å². The van der Waals surface area contributed by atoms with Gasteiger partial charge in [0.15, 0.2) is 0 Å². The third kappa shape index (κ3) is 2.94. The summed E-state index contributed by atoms with van der Waals surface area (Å²) in [7, 11) is 0. The molecular weight excluding hydrogens is 188 g/mol. The standard InChI is InChI=1S/C12H24N2O/c1-4-6-10(3)14-11(15)12(5-2)7-8-13-9-12/h10,13H,4-9H2,1-3H3,(H,14,15). The summed E-state index contributed by atoms with van der Waals surface area (Å²) in [5, 5.41) is 6.42. The molecule has 2 unspecified atom stereocenters. The lowest BCUT2D eigenvalue weighted by atomic mass is 9.83. The normalized spacial score (nSPS) is 27.7.